The highest BCUT2D eigenvalue weighted by molar-refractivity contribution is 5.95. The molecular weight excluding hydrogens is 397 g/mol. The minimum absolute atomic E-state index is 0.0852. The smallest absolute Gasteiger partial charge is 0.416 e. The van der Waals surface area contributed by atoms with E-state index in [1.807, 2.05) is 0 Å². The third-order valence-corrected chi connectivity index (χ3v) is 3.56. The first-order chi connectivity index (χ1) is 13.6. The number of rotatable bonds is 7. The highest BCUT2D eigenvalue weighted by Crippen LogP contribution is 2.30. The molecule has 0 bridgehead atoms. The topological polar surface area (TPSA) is 108 Å². The SMILES string of the molecule is C[C@@H](OC(=O)COc1ccccc1[N+](=O)[O-])C(=O)Nc1ccc(C(F)(F)F)cc1. The molecule has 0 aliphatic rings. The monoisotopic (exact) mass is 412 g/mol. The molecule has 0 aliphatic carbocycles. The van der Waals surface area contributed by atoms with Crippen LogP contribution in [0, 0.1) is 10.1 Å². The molecule has 0 heterocycles. The number of carbonyl (C=O) groups is 2. The quantitative estimate of drug-likeness (QED) is 0.423. The molecule has 0 aliphatic heterocycles. The number of nitrogens with one attached hydrogen (secondary N) is 1. The van der Waals surface area contributed by atoms with Gasteiger partial charge in [-0.2, -0.15) is 13.2 Å². The van der Waals surface area contributed by atoms with Gasteiger partial charge in [-0.1, -0.05) is 12.1 Å². The van der Waals surface area contributed by atoms with Crippen LogP contribution in [0.2, 0.25) is 0 Å². The van der Waals surface area contributed by atoms with Crippen molar-refractivity contribution in [2.75, 3.05) is 11.9 Å². The highest BCUT2D eigenvalue weighted by Gasteiger charge is 2.30. The maximum atomic E-state index is 12.5. The van der Waals surface area contributed by atoms with E-state index in [2.05, 4.69) is 5.32 Å². The molecule has 1 amide bonds. The Morgan fingerprint density at radius 3 is 2.34 bits per heavy atom. The van der Waals surface area contributed by atoms with E-state index in [1.165, 1.54) is 31.2 Å². The Bertz CT molecular complexity index is 899. The van der Waals surface area contributed by atoms with Crippen LogP contribution in [-0.2, 0) is 20.5 Å². The van der Waals surface area contributed by atoms with Crippen LogP contribution in [-0.4, -0.2) is 29.5 Å². The highest BCUT2D eigenvalue weighted by atomic mass is 19.4. The van der Waals surface area contributed by atoms with Gasteiger partial charge in [-0.05, 0) is 37.3 Å². The van der Waals surface area contributed by atoms with Gasteiger partial charge >= 0.3 is 17.8 Å². The molecule has 2 aromatic carbocycles. The number of hydrogen-bond acceptors (Lipinski definition) is 6. The van der Waals surface area contributed by atoms with Crippen LogP contribution >= 0.6 is 0 Å². The fourth-order valence-electron chi connectivity index (χ4n) is 2.14. The summed E-state index contributed by atoms with van der Waals surface area (Å²) < 4.78 is 47.5. The van der Waals surface area contributed by atoms with Crippen molar-refractivity contribution in [3.05, 3.63) is 64.2 Å². The summed E-state index contributed by atoms with van der Waals surface area (Å²) in [6.45, 7) is 0.574. The van der Waals surface area contributed by atoms with E-state index >= 15 is 0 Å². The first kappa shape index (κ1) is 21.7. The number of nitro groups is 1. The van der Waals surface area contributed by atoms with Crippen molar-refractivity contribution in [1.29, 1.82) is 0 Å². The van der Waals surface area contributed by atoms with Crippen molar-refractivity contribution in [2.24, 2.45) is 0 Å². The summed E-state index contributed by atoms with van der Waals surface area (Å²) in [7, 11) is 0. The zero-order valence-corrected chi connectivity index (χ0v) is 14.9. The number of amides is 1. The lowest BCUT2D eigenvalue weighted by molar-refractivity contribution is -0.385. The molecule has 0 fully saturated rings. The molecule has 2 rings (SSSR count). The molecule has 0 spiro atoms. The number of hydrogen-bond donors (Lipinski definition) is 1. The average molecular weight is 412 g/mol. The molecule has 154 valence electrons. The van der Waals surface area contributed by atoms with Crippen molar-refractivity contribution in [1.82, 2.24) is 0 Å². The summed E-state index contributed by atoms with van der Waals surface area (Å²) >= 11 is 0. The van der Waals surface area contributed by atoms with Crippen molar-refractivity contribution in [3.63, 3.8) is 0 Å². The Morgan fingerprint density at radius 1 is 1.14 bits per heavy atom. The molecule has 1 atom stereocenters. The standard InChI is InChI=1S/C18H15F3N2O6/c1-11(17(25)22-13-8-6-12(7-9-13)18(19,20)21)29-16(24)10-28-15-5-3-2-4-14(15)23(26)27/h2-9,11H,10H2,1H3,(H,22,25)/t11-/m1/s1. The number of anilines is 1. The maximum absolute atomic E-state index is 12.5. The first-order valence-electron chi connectivity index (χ1n) is 8.11. The van der Waals surface area contributed by atoms with Gasteiger partial charge in [0.1, 0.15) is 0 Å². The van der Waals surface area contributed by atoms with Gasteiger partial charge in [0.05, 0.1) is 10.5 Å². The van der Waals surface area contributed by atoms with Crippen molar-refractivity contribution in [3.8, 4) is 5.75 Å². The molecule has 0 saturated heterocycles. The van der Waals surface area contributed by atoms with Gasteiger partial charge in [0.15, 0.2) is 18.5 Å². The molecule has 8 nitrogen and oxygen atoms in total. The minimum Gasteiger partial charge on any atom is -0.475 e. The Balaban J connectivity index is 1.87. The van der Waals surface area contributed by atoms with Crippen molar-refractivity contribution >= 4 is 23.3 Å². The third kappa shape index (κ3) is 6.19. The second-order valence-electron chi connectivity index (χ2n) is 5.71. The lowest BCUT2D eigenvalue weighted by Gasteiger charge is -2.14. The van der Waals surface area contributed by atoms with E-state index in [0.717, 1.165) is 24.3 Å². The van der Waals surface area contributed by atoms with Crippen LogP contribution in [0.1, 0.15) is 12.5 Å². The number of carbonyl (C=O) groups excluding carboxylic acids is 2. The summed E-state index contributed by atoms with van der Waals surface area (Å²) in [6.07, 6.45) is -5.78. The molecular formula is C18H15F3N2O6. The molecule has 29 heavy (non-hydrogen) atoms. The predicted octanol–water partition coefficient (Wildman–Crippen LogP) is 3.56. The van der Waals surface area contributed by atoms with Crippen LogP contribution in [0.4, 0.5) is 24.5 Å². The van der Waals surface area contributed by atoms with Crippen LogP contribution in [0.3, 0.4) is 0 Å². The third-order valence-electron chi connectivity index (χ3n) is 3.56. The number of nitro benzene ring substituents is 1. The van der Waals surface area contributed by atoms with E-state index in [0.29, 0.717) is 0 Å². The second kappa shape index (κ2) is 9.04. The second-order valence-corrected chi connectivity index (χ2v) is 5.71. The molecule has 11 heteroatoms. The Hall–Kier alpha value is -3.63. The fraction of sp³-hybridized carbons (Fsp3) is 0.222. The van der Waals surface area contributed by atoms with Gasteiger partial charge in [0.2, 0.25) is 0 Å². The minimum atomic E-state index is -4.50. The summed E-state index contributed by atoms with van der Waals surface area (Å²) in [5.41, 5.74) is -1.13. The lowest BCUT2D eigenvalue weighted by Crippen LogP contribution is -2.31. The van der Waals surface area contributed by atoms with Crippen LogP contribution in [0.5, 0.6) is 5.75 Å². The average Bonchev–Trinajstić information content (AvgIpc) is 2.66. The number of ether oxygens (including phenoxy) is 2. The van der Waals surface area contributed by atoms with E-state index in [4.69, 9.17) is 9.47 Å². The summed E-state index contributed by atoms with van der Waals surface area (Å²) in [5, 5.41) is 13.2. The summed E-state index contributed by atoms with van der Waals surface area (Å²) in [5.74, 6) is -1.88. The Kier molecular flexibility index (Phi) is 6.75. The normalized spacial score (nSPS) is 12.0. The number of esters is 1. The molecule has 2 aromatic rings. The van der Waals surface area contributed by atoms with Crippen LogP contribution in [0.15, 0.2) is 48.5 Å². The summed E-state index contributed by atoms with van der Waals surface area (Å²) in [6, 6.07) is 9.12. The number of halogens is 3. The largest absolute Gasteiger partial charge is 0.475 e. The number of nitrogens with zero attached hydrogens (tertiary/aromatic N) is 1. The van der Waals surface area contributed by atoms with Gasteiger partial charge < -0.3 is 14.8 Å². The first-order valence-corrected chi connectivity index (χ1v) is 8.11. The zero-order chi connectivity index (χ0) is 21.6. The van der Waals surface area contributed by atoms with Crippen molar-refractivity contribution in [2.45, 2.75) is 19.2 Å². The number of alkyl halides is 3. The van der Waals surface area contributed by atoms with E-state index in [-0.39, 0.29) is 17.1 Å². The Labute approximate surface area is 162 Å². The van der Waals surface area contributed by atoms with Gasteiger partial charge in [0.25, 0.3) is 5.91 Å². The summed E-state index contributed by atoms with van der Waals surface area (Å²) in [4.78, 5) is 34.0. The molecule has 1 N–H and O–H groups in total. The van der Waals surface area contributed by atoms with E-state index < -0.39 is 41.3 Å². The fourth-order valence-corrected chi connectivity index (χ4v) is 2.14. The van der Waals surface area contributed by atoms with Crippen LogP contribution in [0.25, 0.3) is 0 Å². The predicted molar refractivity (Wildman–Crippen MR) is 94.2 cm³/mol. The number of benzene rings is 2. The molecule has 0 unspecified atom stereocenters. The number of para-hydroxylation sites is 2. The van der Waals surface area contributed by atoms with Gasteiger partial charge in [-0.3, -0.25) is 14.9 Å². The zero-order valence-electron chi connectivity index (χ0n) is 14.9. The molecule has 0 saturated carbocycles. The molecule has 0 radical (unpaired) electrons. The van der Waals surface area contributed by atoms with E-state index in [1.54, 1.807) is 0 Å². The van der Waals surface area contributed by atoms with E-state index in [9.17, 15) is 32.9 Å². The van der Waals surface area contributed by atoms with Crippen LogP contribution < -0.4 is 10.1 Å². The van der Waals surface area contributed by atoms with Crippen molar-refractivity contribution < 1.29 is 37.2 Å². The van der Waals surface area contributed by atoms with Gasteiger partial charge in [0, 0.05) is 11.8 Å². The lowest BCUT2D eigenvalue weighted by atomic mass is 10.2. The van der Waals surface area contributed by atoms with Gasteiger partial charge in [-0.25, -0.2) is 4.79 Å². The van der Waals surface area contributed by atoms with Gasteiger partial charge in [-0.15, -0.1) is 0 Å². The maximum Gasteiger partial charge on any atom is 0.416 e. The Morgan fingerprint density at radius 2 is 1.76 bits per heavy atom. The molecule has 0 aromatic heterocycles.